The smallest absolute Gasteiger partial charge is 0.321 e. The second-order valence-electron chi connectivity index (χ2n) is 5.71. The van der Waals surface area contributed by atoms with E-state index in [9.17, 15) is 8.42 Å². The van der Waals surface area contributed by atoms with Crippen LogP contribution in [0.15, 0.2) is 106 Å². The average molecular weight is 361 g/mol. The van der Waals surface area contributed by atoms with E-state index in [1.165, 1.54) is 12.1 Å². The molecule has 4 aromatic rings. The van der Waals surface area contributed by atoms with Crippen LogP contribution >= 0.6 is 0 Å². The Balaban J connectivity index is 1.93. The number of aromatic nitrogens is 1. The molecular weight excluding hydrogens is 346 g/mol. The first-order valence-corrected chi connectivity index (χ1v) is 9.56. The van der Waals surface area contributed by atoms with E-state index >= 15 is 0 Å². The van der Waals surface area contributed by atoms with Gasteiger partial charge in [-0.3, -0.25) is 0 Å². The van der Waals surface area contributed by atoms with E-state index in [-0.39, 0.29) is 10.1 Å². The van der Waals surface area contributed by atoms with Crippen molar-refractivity contribution in [3.05, 3.63) is 91.0 Å². The van der Waals surface area contributed by atoms with E-state index in [4.69, 9.17) is 4.42 Å². The molecule has 0 saturated carbocycles. The highest BCUT2D eigenvalue weighted by Crippen LogP contribution is 2.35. The first-order valence-electron chi connectivity index (χ1n) is 8.08. The lowest BCUT2D eigenvalue weighted by atomic mass is 10.1. The maximum atomic E-state index is 12.9. The first-order chi connectivity index (χ1) is 12.7. The minimum Gasteiger partial charge on any atom is -0.427 e. The minimum atomic E-state index is -3.83. The summed E-state index contributed by atoms with van der Waals surface area (Å²) in [5.41, 5.74) is 2.07. The third-order valence-corrected chi connectivity index (χ3v) is 5.50. The van der Waals surface area contributed by atoms with Crippen LogP contribution in [0.25, 0.3) is 22.6 Å². The van der Waals surface area contributed by atoms with Gasteiger partial charge in [0.15, 0.2) is 5.76 Å². The molecule has 0 aliphatic rings. The number of hydrogen-bond donors (Lipinski definition) is 0. The van der Waals surface area contributed by atoms with Crippen molar-refractivity contribution in [3.8, 4) is 22.6 Å². The van der Waals surface area contributed by atoms with Gasteiger partial charge >= 0.3 is 5.22 Å². The van der Waals surface area contributed by atoms with Crippen molar-refractivity contribution in [1.82, 2.24) is 4.98 Å². The summed E-state index contributed by atoms with van der Waals surface area (Å²) >= 11 is 0. The highest BCUT2D eigenvalue weighted by Gasteiger charge is 2.27. The summed E-state index contributed by atoms with van der Waals surface area (Å²) in [6.07, 6.45) is 0. The molecule has 1 heterocycles. The van der Waals surface area contributed by atoms with Crippen molar-refractivity contribution in [1.29, 1.82) is 0 Å². The van der Waals surface area contributed by atoms with Crippen LogP contribution in [0.2, 0.25) is 0 Å². The van der Waals surface area contributed by atoms with Crippen molar-refractivity contribution < 1.29 is 12.8 Å². The zero-order valence-electron chi connectivity index (χ0n) is 13.7. The van der Waals surface area contributed by atoms with Crippen molar-refractivity contribution in [2.24, 2.45) is 0 Å². The molecule has 0 amide bonds. The summed E-state index contributed by atoms with van der Waals surface area (Å²) in [7, 11) is -3.83. The number of oxazole rings is 1. The monoisotopic (exact) mass is 361 g/mol. The Morgan fingerprint density at radius 3 is 1.73 bits per heavy atom. The lowest BCUT2D eigenvalue weighted by Gasteiger charge is -2.00. The third kappa shape index (κ3) is 2.93. The van der Waals surface area contributed by atoms with Crippen LogP contribution < -0.4 is 0 Å². The van der Waals surface area contributed by atoms with Crippen molar-refractivity contribution in [2.45, 2.75) is 10.1 Å². The van der Waals surface area contributed by atoms with Gasteiger partial charge in [-0.25, -0.2) is 8.42 Å². The van der Waals surface area contributed by atoms with Gasteiger partial charge in [0.2, 0.25) is 0 Å². The number of nitrogens with zero attached hydrogens (tertiary/aromatic N) is 1. The predicted molar refractivity (Wildman–Crippen MR) is 99.3 cm³/mol. The van der Waals surface area contributed by atoms with Crippen LogP contribution in [0.1, 0.15) is 0 Å². The summed E-state index contributed by atoms with van der Waals surface area (Å²) in [5, 5.41) is -0.304. The lowest BCUT2D eigenvalue weighted by Crippen LogP contribution is -2.01. The molecule has 0 aliphatic carbocycles. The molecule has 1 aromatic heterocycles. The van der Waals surface area contributed by atoms with Crippen molar-refractivity contribution >= 4 is 9.84 Å². The molecule has 0 unspecified atom stereocenters. The highest BCUT2D eigenvalue weighted by molar-refractivity contribution is 7.91. The van der Waals surface area contributed by atoms with Gasteiger partial charge in [-0.2, -0.15) is 4.98 Å². The Hall–Kier alpha value is -3.18. The maximum Gasteiger partial charge on any atom is 0.321 e. The molecule has 0 saturated heterocycles. The van der Waals surface area contributed by atoms with Gasteiger partial charge in [0.25, 0.3) is 9.84 Å². The topological polar surface area (TPSA) is 60.2 Å². The van der Waals surface area contributed by atoms with Gasteiger partial charge in [0, 0.05) is 11.1 Å². The fourth-order valence-corrected chi connectivity index (χ4v) is 3.81. The molecule has 5 heteroatoms. The third-order valence-electron chi connectivity index (χ3n) is 3.97. The quantitative estimate of drug-likeness (QED) is 0.522. The van der Waals surface area contributed by atoms with E-state index in [2.05, 4.69) is 4.98 Å². The van der Waals surface area contributed by atoms with Gasteiger partial charge < -0.3 is 4.42 Å². The zero-order chi connectivity index (χ0) is 18.0. The number of benzene rings is 3. The summed E-state index contributed by atoms with van der Waals surface area (Å²) in [6.45, 7) is 0. The van der Waals surface area contributed by atoms with Gasteiger partial charge in [0.05, 0.1) is 4.90 Å². The summed E-state index contributed by atoms with van der Waals surface area (Å²) in [5.74, 6) is 0.436. The summed E-state index contributed by atoms with van der Waals surface area (Å²) in [4.78, 5) is 4.50. The second-order valence-corrected chi connectivity index (χ2v) is 7.53. The Morgan fingerprint density at radius 2 is 1.15 bits per heavy atom. The molecule has 3 aromatic carbocycles. The van der Waals surface area contributed by atoms with Crippen LogP contribution in [-0.4, -0.2) is 13.4 Å². The van der Waals surface area contributed by atoms with Crippen molar-refractivity contribution in [3.63, 3.8) is 0 Å². The molecule has 0 spiro atoms. The SMILES string of the molecule is O=S(=O)(c1ccccc1)c1nc(-c2ccccc2)c(-c2ccccc2)o1. The van der Waals surface area contributed by atoms with Crippen LogP contribution in [0.4, 0.5) is 0 Å². The zero-order valence-corrected chi connectivity index (χ0v) is 14.6. The molecule has 128 valence electrons. The standard InChI is InChI=1S/C21H15NO3S/c23-26(24,18-14-8-3-9-15-18)21-22-19(16-10-4-1-5-11-16)20(25-21)17-12-6-2-7-13-17/h1-15H. The van der Waals surface area contributed by atoms with Crippen LogP contribution in [0, 0.1) is 0 Å². The van der Waals surface area contributed by atoms with Crippen LogP contribution in [0.3, 0.4) is 0 Å². The average Bonchev–Trinajstić information content (AvgIpc) is 3.16. The fourth-order valence-electron chi connectivity index (χ4n) is 2.69. The van der Waals surface area contributed by atoms with Gasteiger partial charge in [-0.15, -0.1) is 0 Å². The van der Waals surface area contributed by atoms with E-state index in [1.807, 2.05) is 60.7 Å². The van der Waals surface area contributed by atoms with E-state index < -0.39 is 9.84 Å². The van der Waals surface area contributed by atoms with Crippen LogP contribution in [0.5, 0.6) is 0 Å². The lowest BCUT2D eigenvalue weighted by molar-refractivity contribution is 0.440. The van der Waals surface area contributed by atoms with E-state index in [0.29, 0.717) is 11.5 Å². The Morgan fingerprint density at radius 1 is 0.654 bits per heavy atom. The largest absolute Gasteiger partial charge is 0.427 e. The molecule has 0 radical (unpaired) electrons. The number of rotatable bonds is 4. The van der Waals surface area contributed by atoms with Gasteiger partial charge in [-0.1, -0.05) is 78.9 Å². The molecule has 26 heavy (non-hydrogen) atoms. The minimum absolute atomic E-state index is 0.153. The molecule has 0 fully saturated rings. The van der Waals surface area contributed by atoms with Crippen molar-refractivity contribution in [2.75, 3.05) is 0 Å². The van der Waals surface area contributed by atoms with Gasteiger partial charge in [0.1, 0.15) is 5.69 Å². The van der Waals surface area contributed by atoms with Crippen LogP contribution in [-0.2, 0) is 9.84 Å². The molecular formula is C21H15NO3S. The Labute approximate surface area is 151 Å². The highest BCUT2D eigenvalue weighted by atomic mass is 32.2. The molecule has 4 nitrogen and oxygen atoms in total. The first kappa shape index (κ1) is 16.3. The fraction of sp³-hybridized carbons (Fsp3) is 0. The number of hydrogen-bond acceptors (Lipinski definition) is 4. The maximum absolute atomic E-state index is 12.9. The normalized spacial score (nSPS) is 11.4. The Bertz CT molecular complexity index is 1060. The molecule has 0 aliphatic heterocycles. The van der Waals surface area contributed by atoms with E-state index in [1.54, 1.807) is 18.2 Å². The Kier molecular flexibility index (Phi) is 4.14. The summed E-state index contributed by atoms with van der Waals surface area (Å²) in [6, 6.07) is 27.0. The molecule has 0 bridgehead atoms. The summed E-state index contributed by atoms with van der Waals surface area (Å²) < 4.78 is 31.6. The number of sulfone groups is 1. The second kappa shape index (κ2) is 6.61. The predicted octanol–water partition coefficient (Wildman–Crippen LogP) is 4.84. The molecule has 0 atom stereocenters. The van der Waals surface area contributed by atoms with Gasteiger partial charge in [-0.05, 0) is 12.1 Å². The molecule has 0 N–H and O–H groups in total. The molecule has 4 rings (SSSR count). The van der Waals surface area contributed by atoms with E-state index in [0.717, 1.165) is 11.1 Å².